The number of benzene rings is 1. The summed E-state index contributed by atoms with van der Waals surface area (Å²) in [6, 6.07) is 6.63. The van der Waals surface area contributed by atoms with Gasteiger partial charge in [0.25, 0.3) is 0 Å². The molecule has 0 aromatic heterocycles. The Morgan fingerprint density at radius 3 is 2.35 bits per heavy atom. The number of nitrogens with zero attached hydrogens (tertiary/aromatic N) is 1. The quantitative estimate of drug-likeness (QED) is 0.807. The highest BCUT2D eigenvalue weighted by atomic mass is 32.2. The Morgan fingerprint density at radius 1 is 1.25 bits per heavy atom. The van der Waals surface area contributed by atoms with Crippen LogP contribution in [0.2, 0.25) is 0 Å². The molecule has 1 amide bonds. The first kappa shape index (κ1) is 15.0. The Hall–Kier alpha value is -1.44. The highest BCUT2D eigenvalue weighted by Gasteiger charge is 2.21. The van der Waals surface area contributed by atoms with Crippen molar-refractivity contribution in [2.24, 2.45) is 0 Å². The van der Waals surface area contributed by atoms with E-state index in [1.165, 1.54) is 26.2 Å². The fourth-order valence-electron chi connectivity index (χ4n) is 1.65. The Labute approximate surface area is 119 Å². The van der Waals surface area contributed by atoms with Gasteiger partial charge in [0, 0.05) is 25.8 Å². The summed E-state index contributed by atoms with van der Waals surface area (Å²) in [6.07, 6.45) is 2.26. The first-order valence-electron chi connectivity index (χ1n) is 6.45. The van der Waals surface area contributed by atoms with E-state index >= 15 is 0 Å². The number of carbonyl (C=O) groups is 1. The summed E-state index contributed by atoms with van der Waals surface area (Å²) in [5.74, 6) is -0.125. The topological polar surface area (TPSA) is 78.5 Å². The van der Waals surface area contributed by atoms with Gasteiger partial charge in [-0.05, 0) is 37.1 Å². The normalized spacial score (nSPS) is 15.3. The standard InChI is InChI=1S/C13H19N3O3S/c1-16(2)20(18,19)12-7-5-11(6-8-12)15-13(17)9-14-10-3-4-10/h5-8,10,14H,3-4,9H2,1-2H3,(H,15,17). The molecular weight excluding hydrogens is 278 g/mol. The van der Waals surface area contributed by atoms with Crippen molar-refractivity contribution in [3.8, 4) is 0 Å². The van der Waals surface area contributed by atoms with Crippen LogP contribution in [0, 0.1) is 0 Å². The lowest BCUT2D eigenvalue weighted by Crippen LogP contribution is -2.29. The predicted molar refractivity (Wildman–Crippen MR) is 77.0 cm³/mol. The summed E-state index contributed by atoms with van der Waals surface area (Å²) in [4.78, 5) is 11.8. The third kappa shape index (κ3) is 3.78. The molecule has 1 aliphatic rings. The summed E-state index contributed by atoms with van der Waals surface area (Å²) >= 11 is 0. The highest BCUT2D eigenvalue weighted by molar-refractivity contribution is 7.89. The third-order valence-electron chi connectivity index (χ3n) is 3.05. The lowest BCUT2D eigenvalue weighted by molar-refractivity contribution is -0.115. The first-order chi connectivity index (χ1) is 9.39. The number of sulfonamides is 1. The second-order valence-electron chi connectivity index (χ2n) is 5.02. The van der Waals surface area contributed by atoms with Crippen molar-refractivity contribution >= 4 is 21.6 Å². The molecule has 1 saturated carbocycles. The maximum absolute atomic E-state index is 11.9. The van der Waals surface area contributed by atoms with Crippen LogP contribution in [0.5, 0.6) is 0 Å². The van der Waals surface area contributed by atoms with Crippen LogP contribution >= 0.6 is 0 Å². The molecule has 20 heavy (non-hydrogen) atoms. The van der Waals surface area contributed by atoms with Crippen molar-refractivity contribution in [2.75, 3.05) is 26.0 Å². The zero-order valence-electron chi connectivity index (χ0n) is 11.6. The largest absolute Gasteiger partial charge is 0.325 e. The number of nitrogens with one attached hydrogen (secondary N) is 2. The molecule has 6 nitrogen and oxygen atoms in total. The van der Waals surface area contributed by atoms with Crippen molar-refractivity contribution in [1.29, 1.82) is 0 Å². The van der Waals surface area contributed by atoms with Crippen LogP contribution in [0.1, 0.15) is 12.8 Å². The number of rotatable bonds is 6. The lowest BCUT2D eigenvalue weighted by atomic mass is 10.3. The summed E-state index contributed by atoms with van der Waals surface area (Å²) in [6.45, 7) is 0.280. The lowest BCUT2D eigenvalue weighted by Gasteiger charge is -2.12. The van der Waals surface area contributed by atoms with E-state index in [4.69, 9.17) is 0 Å². The molecule has 0 bridgehead atoms. The van der Waals surface area contributed by atoms with Crippen molar-refractivity contribution in [1.82, 2.24) is 9.62 Å². The second-order valence-corrected chi connectivity index (χ2v) is 7.17. The van der Waals surface area contributed by atoms with E-state index in [1.54, 1.807) is 12.1 Å². The van der Waals surface area contributed by atoms with Gasteiger partial charge in [-0.1, -0.05) is 0 Å². The van der Waals surface area contributed by atoms with Gasteiger partial charge in [0.2, 0.25) is 15.9 Å². The van der Waals surface area contributed by atoms with Crippen LogP contribution in [0.15, 0.2) is 29.2 Å². The van der Waals surface area contributed by atoms with E-state index in [9.17, 15) is 13.2 Å². The van der Waals surface area contributed by atoms with Gasteiger partial charge in [0.1, 0.15) is 0 Å². The van der Waals surface area contributed by atoms with Gasteiger partial charge in [0.15, 0.2) is 0 Å². The average Bonchev–Trinajstić information content (AvgIpc) is 3.21. The minimum Gasteiger partial charge on any atom is -0.325 e. The van der Waals surface area contributed by atoms with Gasteiger partial charge in [-0.2, -0.15) is 0 Å². The van der Waals surface area contributed by atoms with Crippen molar-refractivity contribution in [3.05, 3.63) is 24.3 Å². The molecule has 0 atom stereocenters. The number of hydrogen-bond acceptors (Lipinski definition) is 4. The second kappa shape index (κ2) is 5.90. The predicted octanol–water partition coefficient (Wildman–Crippen LogP) is 0.627. The molecule has 0 saturated heterocycles. The minimum atomic E-state index is -3.43. The molecule has 0 aliphatic heterocycles. The molecule has 1 fully saturated rings. The summed E-state index contributed by atoms with van der Waals surface area (Å²) in [5.41, 5.74) is 0.588. The summed E-state index contributed by atoms with van der Waals surface area (Å²) < 4.78 is 24.9. The molecular formula is C13H19N3O3S. The molecule has 0 radical (unpaired) electrons. The Bertz CT molecular complexity index is 577. The third-order valence-corrected chi connectivity index (χ3v) is 4.87. The van der Waals surface area contributed by atoms with Crippen LogP contribution in [-0.4, -0.2) is 45.3 Å². The van der Waals surface area contributed by atoms with Crippen LogP contribution < -0.4 is 10.6 Å². The number of hydrogen-bond donors (Lipinski definition) is 2. The van der Waals surface area contributed by atoms with Crippen molar-refractivity contribution in [2.45, 2.75) is 23.8 Å². The van der Waals surface area contributed by atoms with E-state index < -0.39 is 10.0 Å². The van der Waals surface area contributed by atoms with Gasteiger partial charge < -0.3 is 10.6 Å². The fraction of sp³-hybridized carbons (Fsp3) is 0.462. The Morgan fingerprint density at radius 2 is 1.85 bits per heavy atom. The first-order valence-corrected chi connectivity index (χ1v) is 7.89. The van der Waals surface area contributed by atoms with Gasteiger partial charge in [-0.3, -0.25) is 4.79 Å². The van der Waals surface area contributed by atoms with E-state index in [0.717, 1.165) is 17.1 Å². The monoisotopic (exact) mass is 297 g/mol. The van der Waals surface area contributed by atoms with Crippen LogP contribution in [-0.2, 0) is 14.8 Å². The smallest absolute Gasteiger partial charge is 0.242 e. The molecule has 7 heteroatoms. The number of amides is 1. The van der Waals surface area contributed by atoms with Crippen LogP contribution in [0.25, 0.3) is 0 Å². The highest BCUT2D eigenvalue weighted by Crippen LogP contribution is 2.18. The number of anilines is 1. The molecule has 0 unspecified atom stereocenters. The SMILES string of the molecule is CN(C)S(=O)(=O)c1ccc(NC(=O)CNC2CC2)cc1. The maximum Gasteiger partial charge on any atom is 0.242 e. The Kier molecular flexibility index (Phi) is 4.42. The van der Waals surface area contributed by atoms with Gasteiger partial charge in [0.05, 0.1) is 11.4 Å². The molecule has 2 N–H and O–H groups in total. The van der Waals surface area contributed by atoms with E-state index in [-0.39, 0.29) is 17.3 Å². The van der Waals surface area contributed by atoms with Gasteiger partial charge in [-0.25, -0.2) is 12.7 Å². The molecule has 0 spiro atoms. The summed E-state index contributed by atoms with van der Waals surface area (Å²) in [5, 5.41) is 5.84. The van der Waals surface area contributed by atoms with Crippen molar-refractivity contribution in [3.63, 3.8) is 0 Å². The summed E-state index contributed by atoms with van der Waals surface area (Å²) in [7, 11) is -0.466. The number of carbonyl (C=O) groups excluding carboxylic acids is 1. The van der Waals surface area contributed by atoms with Gasteiger partial charge >= 0.3 is 0 Å². The fourth-order valence-corrected chi connectivity index (χ4v) is 2.55. The molecule has 2 rings (SSSR count). The zero-order valence-corrected chi connectivity index (χ0v) is 12.4. The Balaban J connectivity index is 1.95. The molecule has 1 aromatic rings. The molecule has 1 aliphatic carbocycles. The van der Waals surface area contributed by atoms with E-state index in [1.807, 2.05) is 0 Å². The van der Waals surface area contributed by atoms with Crippen LogP contribution in [0.3, 0.4) is 0 Å². The maximum atomic E-state index is 11.9. The van der Waals surface area contributed by atoms with Gasteiger partial charge in [-0.15, -0.1) is 0 Å². The van der Waals surface area contributed by atoms with E-state index in [2.05, 4.69) is 10.6 Å². The average molecular weight is 297 g/mol. The molecule has 0 heterocycles. The van der Waals surface area contributed by atoms with Crippen LogP contribution in [0.4, 0.5) is 5.69 Å². The molecule has 110 valence electrons. The van der Waals surface area contributed by atoms with E-state index in [0.29, 0.717) is 11.7 Å². The minimum absolute atomic E-state index is 0.125. The molecule has 1 aromatic carbocycles. The van der Waals surface area contributed by atoms with Crippen molar-refractivity contribution < 1.29 is 13.2 Å². The zero-order chi connectivity index (χ0) is 14.8.